The molecular formula is C23H24N4O3S. The van der Waals surface area contributed by atoms with Crippen LogP contribution in [0.1, 0.15) is 25.8 Å². The Balaban J connectivity index is 1.52. The highest BCUT2D eigenvalue weighted by Crippen LogP contribution is 2.34. The number of ether oxygens (including phenoxy) is 1. The van der Waals surface area contributed by atoms with Crippen molar-refractivity contribution < 1.29 is 14.3 Å². The number of carbonyl (C=O) groups is 2. The van der Waals surface area contributed by atoms with Crippen molar-refractivity contribution in [3.05, 3.63) is 54.1 Å². The molecule has 1 atom stereocenters. The molecule has 0 aliphatic carbocycles. The van der Waals surface area contributed by atoms with Crippen LogP contribution in [-0.4, -0.2) is 46.6 Å². The summed E-state index contributed by atoms with van der Waals surface area (Å²) in [6, 6.07) is 14.4. The van der Waals surface area contributed by atoms with E-state index >= 15 is 0 Å². The van der Waals surface area contributed by atoms with Crippen LogP contribution < -0.4 is 10.1 Å². The van der Waals surface area contributed by atoms with Crippen LogP contribution in [0.15, 0.2) is 58.5 Å². The summed E-state index contributed by atoms with van der Waals surface area (Å²) in [6.07, 6.45) is 0.676. The minimum absolute atomic E-state index is 0.0855. The minimum atomic E-state index is -0.419. The monoisotopic (exact) mass is 436 g/mol. The van der Waals surface area contributed by atoms with Crippen LogP contribution >= 0.6 is 11.8 Å². The van der Waals surface area contributed by atoms with Crippen LogP contribution in [0.3, 0.4) is 0 Å². The van der Waals surface area contributed by atoms with Gasteiger partial charge < -0.3 is 10.1 Å². The number of fused-ring (bicyclic) bond motifs is 3. The topological polar surface area (TPSA) is 83.4 Å². The largest absolute Gasteiger partial charge is 0.497 e. The lowest BCUT2D eigenvalue weighted by Gasteiger charge is -2.25. The average Bonchev–Trinajstić information content (AvgIpc) is 3.08. The van der Waals surface area contributed by atoms with Crippen molar-refractivity contribution in [2.75, 3.05) is 18.2 Å². The maximum absolute atomic E-state index is 13.1. The van der Waals surface area contributed by atoms with Gasteiger partial charge in [-0.25, -0.2) is 9.89 Å². The van der Waals surface area contributed by atoms with Gasteiger partial charge in [0.2, 0.25) is 5.91 Å². The van der Waals surface area contributed by atoms with Gasteiger partial charge in [0.05, 0.1) is 18.6 Å². The van der Waals surface area contributed by atoms with Crippen LogP contribution in [0, 0.1) is 5.92 Å². The number of hydrogen-bond acceptors (Lipinski definition) is 6. The number of thioether (sulfide) groups is 1. The van der Waals surface area contributed by atoms with Crippen molar-refractivity contribution in [3.63, 3.8) is 0 Å². The molecule has 0 radical (unpaired) electrons. The fourth-order valence-corrected chi connectivity index (χ4v) is 4.33. The van der Waals surface area contributed by atoms with Crippen molar-refractivity contribution in [2.45, 2.75) is 26.3 Å². The smallest absolute Gasteiger partial charge is 0.259 e. The summed E-state index contributed by atoms with van der Waals surface area (Å²) in [6.45, 7) is 4.15. The summed E-state index contributed by atoms with van der Waals surface area (Å²) in [5.41, 5.74) is 2.25. The number of rotatable bonds is 6. The summed E-state index contributed by atoms with van der Waals surface area (Å²) in [4.78, 5) is 36.6. The number of nitrogens with zero attached hydrogens (tertiary/aromatic N) is 3. The molecule has 8 heteroatoms. The van der Waals surface area contributed by atoms with E-state index in [-0.39, 0.29) is 17.6 Å². The highest BCUT2D eigenvalue weighted by molar-refractivity contribution is 8.14. The maximum Gasteiger partial charge on any atom is 0.259 e. The van der Waals surface area contributed by atoms with E-state index in [1.165, 1.54) is 11.8 Å². The van der Waals surface area contributed by atoms with Gasteiger partial charge in [-0.1, -0.05) is 43.8 Å². The molecule has 0 saturated heterocycles. The summed E-state index contributed by atoms with van der Waals surface area (Å²) in [5, 5.41) is 3.33. The van der Waals surface area contributed by atoms with Gasteiger partial charge in [-0.3, -0.25) is 14.6 Å². The fraction of sp³-hybridized carbons (Fsp3) is 0.304. The van der Waals surface area contributed by atoms with Crippen molar-refractivity contribution >= 4 is 46.0 Å². The van der Waals surface area contributed by atoms with E-state index in [0.29, 0.717) is 34.8 Å². The molecule has 2 heterocycles. The van der Waals surface area contributed by atoms with Crippen molar-refractivity contribution in [2.24, 2.45) is 15.9 Å². The third kappa shape index (κ3) is 4.49. The van der Waals surface area contributed by atoms with Crippen molar-refractivity contribution in [1.29, 1.82) is 0 Å². The Morgan fingerprint density at radius 2 is 2.03 bits per heavy atom. The summed E-state index contributed by atoms with van der Waals surface area (Å²) >= 11 is 1.23. The molecule has 2 aromatic rings. The van der Waals surface area contributed by atoms with Gasteiger partial charge in [-0.05, 0) is 36.6 Å². The number of amides is 2. The molecule has 0 unspecified atom stereocenters. The number of para-hydroxylation sites is 1. The molecule has 160 valence electrons. The molecule has 2 aliphatic heterocycles. The molecule has 4 rings (SSSR count). The molecule has 31 heavy (non-hydrogen) atoms. The first-order valence-corrected chi connectivity index (χ1v) is 11.1. The lowest BCUT2D eigenvalue weighted by Crippen LogP contribution is -2.41. The van der Waals surface area contributed by atoms with Gasteiger partial charge in [-0.15, -0.1) is 0 Å². The number of amidine groups is 2. The average molecular weight is 437 g/mol. The van der Waals surface area contributed by atoms with E-state index in [2.05, 4.69) is 24.2 Å². The molecule has 1 N–H and O–H groups in total. The zero-order valence-corrected chi connectivity index (χ0v) is 18.5. The van der Waals surface area contributed by atoms with E-state index in [1.807, 2.05) is 36.4 Å². The Hall–Kier alpha value is -3.13. The first-order valence-electron chi connectivity index (χ1n) is 10.1. The lowest BCUT2D eigenvalue weighted by molar-refractivity contribution is -0.125. The summed E-state index contributed by atoms with van der Waals surface area (Å²) in [7, 11) is 1.58. The van der Waals surface area contributed by atoms with Gasteiger partial charge in [0, 0.05) is 17.3 Å². The predicted octanol–water partition coefficient (Wildman–Crippen LogP) is 4.07. The molecule has 2 aliphatic rings. The molecule has 2 aromatic carbocycles. The zero-order chi connectivity index (χ0) is 22.0. The molecule has 7 nitrogen and oxygen atoms in total. The summed E-state index contributed by atoms with van der Waals surface area (Å²) in [5.74, 6) is 1.47. The lowest BCUT2D eigenvalue weighted by atomic mass is 10.0. The van der Waals surface area contributed by atoms with Crippen LogP contribution in [0.25, 0.3) is 0 Å². The van der Waals surface area contributed by atoms with E-state index in [0.717, 1.165) is 11.3 Å². The number of aliphatic imine (C=N–C) groups is 2. The van der Waals surface area contributed by atoms with Gasteiger partial charge >= 0.3 is 0 Å². The SMILES string of the molecule is COc1cccc(NC(=O)CSC2=Nc3ccccc3C3=N[C@H](CC(C)C)C(=O)N23)c1. The molecule has 0 bridgehead atoms. The van der Waals surface area contributed by atoms with E-state index in [4.69, 9.17) is 9.73 Å². The fourth-order valence-electron chi connectivity index (χ4n) is 3.53. The molecule has 2 amide bonds. The number of carbonyl (C=O) groups excluding carboxylic acids is 2. The van der Waals surface area contributed by atoms with E-state index < -0.39 is 6.04 Å². The van der Waals surface area contributed by atoms with Gasteiger partial charge in [0.25, 0.3) is 5.91 Å². The predicted molar refractivity (Wildman–Crippen MR) is 124 cm³/mol. The second-order valence-corrected chi connectivity index (χ2v) is 8.69. The number of methoxy groups -OCH3 is 1. The third-order valence-corrected chi connectivity index (χ3v) is 5.87. The highest BCUT2D eigenvalue weighted by atomic mass is 32.2. The van der Waals surface area contributed by atoms with Crippen LogP contribution in [-0.2, 0) is 9.59 Å². The highest BCUT2D eigenvalue weighted by Gasteiger charge is 2.41. The van der Waals surface area contributed by atoms with E-state index in [9.17, 15) is 9.59 Å². The number of nitrogens with one attached hydrogen (secondary N) is 1. The second kappa shape index (κ2) is 8.93. The van der Waals surface area contributed by atoms with Crippen molar-refractivity contribution in [1.82, 2.24) is 4.90 Å². The van der Waals surface area contributed by atoms with Crippen LogP contribution in [0.4, 0.5) is 11.4 Å². The third-order valence-electron chi connectivity index (χ3n) is 4.93. The molecule has 0 spiro atoms. The second-order valence-electron chi connectivity index (χ2n) is 7.75. The minimum Gasteiger partial charge on any atom is -0.497 e. The normalized spacial score (nSPS) is 17.1. The Labute approximate surface area is 185 Å². The molecular weight excluding hydrogens is 412 g/mol. The maximum atomic E-state index is 13.1. The Kier molecular flexibility index (Phi) is 6.08. The molecule has 0 fully saturated rings. The van der Waals surface area contributed by atoms with Crippen LogP contribution in [0.5, 0.6) is 5.75 Å². The number of anilines is 1. The Bertz CT molecular complexity index is 1080. The Morgan fingerprint density at radius 3 is 2.81 bits per heavy atom. The van der Waals surface area contributed by atoms with Crippen LogP contribution in [0.2, 0.25) is 0 Å². The molecule has 0 saturated carbocycles. The van der Waals surface area contributed by atoms with E-state index in [1.54, 1.807) is 24.1 Å². The van der Waals surface area contributed by atoms with Gasteiger partial charge in [0.1, 0.15) is 17.6 Å². The quantitative estimate of drug-likeness (QED) is 0.740. The molecule has 0 aromatic heterocycles. The standard InChI is InChI=1S/C23H24N4O3S/c1-14(2)11-19-22(29)27-21(25-19)17-9-4-5-10-18(17)26-23(27)31-13-20(28)24-15-7-6-8-16(12-15)30-3/h4-10,12,14,19H,11,13H2,1-3H3,(H,24,28)/t19-/m1/s1. The first-order chi connectivity index (χ1) is 15.0. The Morgan fingerprint density at radius 1 is 1.23 bits per heavy atom. The zero-order valence-electron chi connectivity index (χ0n) is 17.7. The number of hydrogen-bond donors (Lipinski definition) is 1. The van der Waals surface area contributed by atoms with Gasteiger partial charge in [-0.2, -0.15) is 0 Å². The number of benzene rings is 2. The van der Waals surface area contributed by atoms with Gasteiger partial charge in [0.15, 0.2) is 5.17 Å². The first kappa shape index (κ1) is 21.1. The van der Waals surface area contributed by atoms with Crippen molar-refractivity contribution in [3.8, 4) is 5.75 Å². The summed E-state index contributed by atoms with van der Waals surface area (Å²) < 4.78 is 5.19.